The molecule has 1 aliphatic carbocycles. The number of imidazole rings is 1. The number of nitrogen functional groups attached to an aromatic ring is 1. The molecule has 1 saturated carbocycles. The normalized spacial score (nSPS) is 15.2. The predicted molar refractivity (Wildman–Crippen MR) is 98.7 cm³/mol. The van der Waals surface area contributed by atoms with E-state index in [0.717, 1.165) is 12.8 Å². The minimum atomic E-state index is -0.976. The molecule has 134 valence electrons. The lowest BCUT2D eigenvalue weighted by Crippen LogP contribution is -2.13. The van der Waals surface area contributed by atoms with Crippen molar-refractivity contribution in [3.8, 4) is 11.4 Å². The van der Waals surface area contributed by atoms with Crippen molar-refractivity contribution in [1.82, 2.24) is 19.5 Å². The summed E-state index contributed by atoms with van der Waals surface area (Å²) in [6.07, 6.45) is 5.29. The van der Waals surface area contributed by atoms with Crippen LogP contribution in [0.2, 0.25) is 0 Å². The van der Waals surface area contributed by atoms with Crippen LogP contribution in [0.3, 0.4) is 0 Å². The molecule has 0 radical (unpaired) electrons. The van der Waals surface area contributed by atoms with Crippen LogP contribution in [0, 0.1) is 5.82 Å². The molecule has 6 nitrogen and oxygen atoms in total. The Bertz CT molecular complexity index is 1010. The number of nitrogens with two attached hydrogens (primary N) is 1. The molecule has 0 saturated heterocycles. The zero-order chi connectivity index (χ0) is 18.5. The van der Waals surface area contributed by atoms with Crippen molar-refractivity contribution in [2.75, 3.05) is 5.73 Å². The molecule has 3 N–H and O–H groups in total. The second-order valence-electron chi connectivity index (χ2n) is 7.17. The Kier molecular flexibility index (Phi) is 3.77. The smallest absolute Gasteiger partial charge is 0.166 e. The van der Waals surface area contributed by atoms with Gasteiger partial charge in [0.15, 0.2) is 22.8 Å². The van der Waals surface area contributed by atoms with Crippen LogP contribution in [0.4, 0.5) is 10.2 Å². The van der Waals surface area contributed by atoms with Crippen LogP contribution in [0.25, 0.3) is 28.6 Å². The summed E-state index contributed by atoms with van der Waals surface area (Å²) in [4.78, 5) is 13.5. The predicted octanol–water partition coefficient (Wildman–Crippen LogP) is 3.33. The second-order valence-corrected chi connectivity index (χ2v) is 7.17. The van der Waals surface area contributed by atoms with Gasteiger partial charge in [0.05, 0.1) is 5.60 Å². The van der Waals surface area contributed by atoms with E-state index in [1.54, 1.807) is 32.1 Å². The molecule has 4 rings (SSSR count). The van der Waals surface area contributed by atoms with Gasteiger partial charge in [-0.05, 0) is 51.0 Å². The number of aromatic nitrogens is 4. The molecule has 0 atom stereocenters. The minimum absolute atomic E-state index is 0.266. The average molecular weight is 353 g/mol. The first-order valence-corrected chi connectivity index (χ1v) is 8.55. The van der Waals surface area contributed by atoms with Gasteiger partial charge in [-0.15, -0.1) is 0 Å². The van der Waals surface area contributed by atoms with E-state index in [1.165, 1.54) is 12.1 Å². The Hall–Kier alpha value is -2.80. The van der Waals surface area contributed by atoms with Gasteiger partial charge >= 0.3 is 0 Å². The lowest BCUT2D eigenvalue weighted by molar-refractivity contribution is 0.134. The number of benzene rings is 1. The Morgan fingerprint density at radius 3 is 2.69 bits per heavy atom. The summed E-state index contributed by atoms with van der Waals surface area (Å²) >= 11 is 0. The molecular formula is C19H20FN5O. The lowest BCUT2D eigenvalue weighted by Gasteiger charge is -2.10. The van der Waals surface area contributed by atoms with Gasteiger partial charge < -0.3 is 15.4 Å². The zero-order valence-electron chi connectivity index (χ0n) is 14.6. The zero-order valence-corrected chi connectivity index (χ0v) is 14.6. The van der Waals surface area contributed by atoms with Crippen molar-refractivity contribution >= 4 is 23.1 Å². The quantitative estimate of drug-likeness (QED) is 0.751. The molecule has 0 aliphatic heterocycles. The Labute approximate surface area is 150 Å². The molecule has 2 heterocycles. The van der Waals surface area contributed by atoms with E-state index in [-0.39, 0.29) is 17.7 Å². The van der Waals surface area contributed by atoms with Crippen molar-refractivity contribution in [1.29, 1.82) is 0 Å². The third-order valence-corrected chi connectivity index (χ3v) is 4.22. The van der Waals surface area contributed by atoms with Gasteiger partial charge in [-0.1, -0.05) is 12.1 Å². The van der Waals surface area contributed by atoms with Gasteiger partial charge in [-0.2, -0.15) is 0 Å². The molecule has 3 aromatic rings. The number of anilines is 1. The van der Waals surface area contributed by atoms with Gasteiger partial charge in [0.1, 0.15) is 11.6 Å². The van der Waals surface area contributed by atoms with Gasteiger partial charge in [-0.25, -0.2) is 19.3 Å². The number of hydrogen-bond acceptors (Lipinski definition) is 5. The van der Waals surface area contributed by atoms with Gasteiger partial charge in [0, 0.05) is 11.6 Å². The monoisotopic (exact) mass is 353 g/mol. The van der Waals surface area contributed by atoms with Crippen LogP contribution in [0.15, 0.2) is 30.3 Å². The molecule has 0 bridgehead atoms. The summed E-state index contributed by atoms with van der Waals surface area (Å²) < 4.78 is 15.7. The van der Waals surface area contributed by atoms with Crippen LogP contribution in [-0.4, -0.2) is 30.2 Å². The average Bonchev–Trinajstić information content (AvgIpc) is 3.32. The fourth-order valence-electron chi connectivity index (χ4n) is 2.88. The summed E-state index contributed by atoms with van der Waals surface area (Å²) in [5, 5.41) is 9.87. The first-order chi connectivity index (χ1) is 12.3. The molecule has 1 aromatic carbocycles. The van der Waals surface area contributed by atoms with E-state index >= 15 is 0 Å². The van der Waals surface area contributed by atoms with Crippen molar-refractivity contribution in [3.63, 3.8) is 0 Å². The highest BCUT2D eigenvalue weighted by atomic mass is 19.1. The number of aliphatic hydroxyl groups is 1. The molecule has 26 heavy (non-hydrogen) atoms. The highest BCUT2D eigenvalue weighted by molar-refractivity contribution is 5.86. The number of fused-ring (bicyclic) bond motifs is 1. The van der Waals surface area contributed by atoms with E-state index in [9.17, 15) is 9.50 Å². The minimum Gasteiger partial charge on any atom is -0.386 e. The van der Waals surface area contributed by atoms with Crippen LogP contribution in [0.5, 0.6) is 0 Å². The van der Waals surface area contributed by atoms with Gasteiger partial charge in [0.2, 0.25) is 0 Å². The van der Waals surface area contributed by atoms with Gasteiger partial charge in [-0.3, -0.25) is 0 Å². The Morgan fingerprint density at radius 2 is 2.04 bits per heavy atom. The number of halogens is 1. The molecule has 7 heteroatoms. The molecule has 1 fully saturated rings. The highest BCUT2D eigenvalue weighted by Crippen LogP contribution is 2.41. The summed E-state index contributed by atoms with van der Waals surface area (Å²) in [5.41, 5.74) is 6.96. The first-order valence-electron chi connectivity index (χ1n) is 8.55. The second kappa shape index (κ2) is 5.88. The maximum Gasteiger partial charge on any atom is 0.166 e. The van der Waals surface area contributed by atoms with Crippen molar-refractivity contribution in [3.05, 3.63) is 42.0 Å². The largest absolute Gasteiger partial charge is 0.386 e. The first kappa shape index (κ1) is 16.7. The number of hydrogen-bond donors (Lipinski definition) is 2. The lowest BCUT2D eigenvalue weighted by atomic mass is 10.1. The maximum atomic E-state index is 13.7. The standard InChI is InChI=1S/C19H20FN5O/c1-19(2,26)9-8-14-22-16(21)15-18(23-14)25(13-6-7-13)17(24-15)11-4-3-5-12(20)10-11/h3-5,8-10,13,26H,6-7H2,1-2H3,(H2,21,22,23). The molecule has 1 aliphatic rings. The molecule has 0 amide bonds. The van der Waals surface area contributed by atoms with Crippen molar-refractivity contribution < 1.29 is 9.50 Å². The third-order valence-electron chi connectivity index (χ3n) is 4.22. The SMILES string of the molecule is CC(C)(O)C=Cc1nc(N)c2nc(-c3cccc(F)c3)n(C3CC3)c2n1. The molecule has 0 unspecified atom stereocenters. The summed E-state index contributed by atoms with van der Waals surface area (Å²) in [6, 6.07) is 6.62. The highest BCUT2D eigenvalue weighted by Gasteiger charge is 2.30. The summed E-state index contributed by atoms with van der Waals surface area (Å²) in [5.74, 6) is 1.00. The summed E-state index contributed by atoms with van der Waals surface area (Å²) in [6.45, 7) is 3.34. The van der Waals surface area contributed by atoms with E-state index < -0.39 is 5.60 Å². The topological polar surface area (TPSA) is 89.9 Å². The third kappa shape index (κ3) is 3.17. The van der Waals surface area contributed by atoms with E-state index in [1.807, 2.05) is 10.6 Å². The van der Waals surface area contributed by atoms with Gasteiger partial charge in [0.25, 0.3) is 0 Å². The van der Waals surface area contributed by atoms with Crippen molar-refractivity contribution in [2.24, 2.45) is 0 Å². The molecular weight excluding hydrogens is 333 g/mol. The Balaban J connectivity index is 1.91. The van der Waals surface area contributed by atoms with E-state index in [0.29, 0.717) is 28.4 Å². The summed E-state index contributed by atoms with van der Waals surface area (Å²) in [7, 11) is 0. The van der Waals surface area contributed by atoms with Crippen molar-refractivity contribution in [2.45, 2.75) is 38.3 Å². The fraction of sp³-hybridized carbons (Fsp3) is 0.316. The van der Waals surface area contributed by atoms with Crippen LogP contribution in [-0.2, 0) is 0 Å². The fourth-order valence-corrected chi connectivity index (χ4v) is 2.88. The molecule has 0 spiro atoms. The van der Waals surface area contributed by atoms with E-state index in [2.05, 4.69) is 15.0 Å². The Morgan fingerprint density at radius 1 is 1.27 bits per heavy atom. The van der Waals surface area contributed by atoms with Crippen LogP contribution in [0.1, 0.15) is 38.6 Å². The van der Waals surface area contributed by atoms with Crippen LogP contribution < -0.4 is 5.73 Å². The number of nitrogens with zero attached hydrogens (tertiary/aromatic N) is 4. The maximum absolute atomic E-state index is 13.7. The van der Waals surface area contributed by atoms with E-state index in [4.69, 9.17) is 5.73 Å². The molecule has 2 aromatic heterocycles. The van der Waals surface area contributed by atoms with Crippen LogP contribution >= 0.6 is 0 Å². The number of rotatable bonds is 4.